The minimum Gasteiger partial charge on any atom is -0.497 e. The smallest absolute Gasteiger partial charge is 0.129 e. The molecule has 0 aromatic heterocycles. The molecule has 2 unspecified atom stereocenters. The molecule has 2 aromatic rings. The van der Waals surface area contributed by atoms with Gasteiger partial charge in [-0.3, -0.25) is 0 Å². The number of halogens is 1. The molecule has 1 N–H and O–H groups in total. The van der Waals surface area contributed by atoms with Gasteiger partial charge in [0.2, 0.25) is 0 Å². The van der Waals surface area contributed by atoms with E-state index in [0.29, 0.717) is 23.5 Å². The van der Waals surface area contributed by atoms with Gasteiger partial charge in [0.1, 0.15) is 23.4 Å². The van der Waals surface area contributed by atoms with Gasteiger partial charge in [0.15, 0.2) is 0 Å². The summed E-state index contributed by atoms with van der Waals surface area (Å²) in [5.41, 5.74) is 2.06. The number of ether oxygens (including phenoxy) is 2. The minimum atomic E-state index is -0.631. The van der Waals surface area contributed by atoms with E-state index in [4.69, 9.17) is 9.47 Å². The van der Waals surface area contributed by atoms with Crippen molar-refractivity contribution in [1.82, 2.24) is 0 Å². The zero-order valence-corrected chi connectivity index (χ0v) is 12.0. The monoisotopic (exact) mass is 288 g/mol. The molecule has 0 amide bonds. The third-order valence-corrected chi connectivity index (χ3v) is 3.85. The second kappa shape index (κ2) is 5.37. The maximum Gasteiger partial charge on any atom is 0.129 e. The first-order chi connectivity index (χ1) is 10.1. The first-order valence-corrected chi connectivity index (χ1v) is 6.87. The van der Waals surface area contributed by atoms with Crippen LogP contribution in [-0.4, -0.2) is 12.2 Å². The quantitative estimate of drug-likeness (QED) is 0.915. The number of fused-ring (bicyclic) bond motifs is 1. The van der Waals surface area contributed by atoms with Gasteiger partial charge in [0.05, 0.1) is 13.2 Å². The van der Waals surface area contributed by atoms with E-state index in [2.05, 4.69) is 0 Å². The molecule has 110 valence electrons. The summed E-state index contributed by atoms with van der Waals surface area (Å²) in [5, 5.41) is 10.3. The molecular weight excluding hydrogens is 271 g/mol. The fourth-order valence-corrected chi connectivity index (χ4v) is 2.56. The molecule has 3 rings (SSSR count). The van der Waals surface area contributed by atoms with E-state index in [0.717, 1.165) is 11.1 Å². The van der Waals surface area contributed by atoms with E-state index in [1.807, 2.05) is 6.07 Å². The lowest BCUT2D eigenvalue weighted by Crippen LogP contribution is -2.19. The van der Waals surface area contributed by atoms with Crippen molar-refractivity contribution in [3.63, 3.8) is 0 Å². The predicted molar refractivity (Wildman–Crippen MR) is 77.1 cm³/mol. The lowest BCUT2D eigenvalue weighted by atomic mass is 9.94. The molecule has 0 fully saturated rings. The van der Waals surface area contributed by atoms with Gasteiger partial charge in [-0.15, -0.1) is 0 Å². The molecule has 0 aliphatic carbocycles. The molecule has 0 saturated carbocycles. The molecular formula is C17H17FO3. The number of hydrogen-bond acceptors (Lipinski definition) is 3. The molecule has 0 saturated heterocycles. The van der Waals surface area contributed by atoms with E-state index < -0.39 is 6.10 Å². The first kappa shape index (κ1) is 13.9. The summed E-state index contributed by atoms with van der Waals surface area (Å²) < 4.78 is 24.8. The minimum absolute atomic E-state index is 0.262. The Bertz CT molecular complexity index is 669. The summed E-state index contributed by atoms with van der Waals surface area (Å²) in [5.74, 6) is 0.984. The van der Waals surface area contributed by atoms with Crippen LogP contribution in [0.4, 0.5) is 4.39 Å². The second-order valence-electron chi connectivity index (χ2n) is 5.27. The number of aliphatic hydroxyl groups excluding tert-OH is 1. The zero-order chi connectivity index (χ0) is 15.0. The number of aryl methyl sites for hydroxylation is 1. The third kappa shape index (κ3) is 2.59. The summed E-state index contributed by atoms with van der Waals surface area (Å²) >= 11 is 0. The standard InChI is InChI=1S/C17H17FO3/c1-10-3-4-11(7-14(10)18)16-9-15(19)13-6-5-12(20-2)8-17(13)21-16/h3-8,15-16,19H,9H2,1-2H3. The topological polar surface area (TPSA) is 38.7 Å². The highest BCUT2D eigenvalue weighted by Gasteiger charge is 2.28. The van der Waals surface area contributed by atoms with Gasteiger partial charge in [-0.25, -0.2) is 4.39 Å². The van der Waals surface area contributed by atoms with Gasteiger partial charge < -0.3 is 14.6 Å². The van der Waals surface area contributed by atoms with Crippen molar-refractivity contribution in [1.29, 1.82) is 0 Å². The number of aliphatic hydroxyl groups is 1. The molecule has 21 heavy (non-hydrogen) atoms. The Morgan fingerprint density at radius 3 is 2.76 bits per heavy atom. The largest absolute Gasteiger partial charge is 0.497 e. The van der Waals surface area contributed by atoms with Crippen molar-refractivity contribution in [2.75, 3.05) is 7.11 Å². The van der Waals surface area contributed by atoms with Crippen LogP contribution in [0.15, 0.2) is 36.4 Å². The number of benzene rings is 2. The molecule has 1 aliphatic rings. The molecule has 2 aromatic carbocycles. The third-order valence-electron chi connectivity index (χ3n) is 3.85. The Kier molecular flexibility index (Phi) is 3.55. The van der Waals surface area contributed by atoms with Crippen molar-refractivity contribution in [2.45, 2.75) is 25.6 Å². The lowest BCUT2D eigenvalue weighted by Gasteiger charge is -2.30. The van der Waals surface area contributed by atoms with Gasteiger partial charge in [-0.1, -0.05) is 12.1 Å². The van der Waals surface area contributed by atoms with Crippen LogP contribution in [0.5, 0.6) is 11.5 Å². The van der Waals surface area contributed by atoms with Gasteiger partial charge in [0, 0.05) is 18.1 Å². The fraction of sp³-hybridized carbons (Fsp3) is 0.294. The molecule has 2 atom stereocenters. The maximum atomic E-state index is 13.7. The van der Waals surface area contributed by atoms with Crippen LogP contribution in [0.25, 0.3) is 0 Å². The molecule has 3 nitrogen and oxygen atoms in total. The fourth-order valence-electron chi connectivity index (χ4n) is 2.56. The highest BCUT2D eigenvalue weighted by atomic mass is 19.1. The van der Waals surface area contributed by atoms with E-state index in [9.17, 15) is 9.50 Å². The van der Waals surface area contributed by atoms with Crippen molar-refractivity contribution in [3.8, 4) is 11.5 Å². The van der Waals surface area contributed by atoms with E-state index in [1.165, 1.54) is 6.07 Å². The molecule has 0 spiro atoms. The summed E-state index contributed by atoms with van der Waals surface area (Å²) in [4.78, 5) is 0. The number of rotatable bonds is 2. The van der Waals surface area contributed by atoms with Crippen LogP contribution < -0.4 is 9.47 Å². The molecule has 0 bridgehead atoms. The lowest BCUT2D eigenvalue weighted by molar-refractivity contribution is 0.0653. The molecule has 0 radical (unpaired) electrons. The van der Waals surface area contributed by atoms with Crippen LogP contribution in [0.3, 0.4) is 0 Å². The summed E-state index contributed by atoms with van der Waals surface area (Å²) in [7, 11) is 1.58. The predicted octanol–water partition coefficient (Wildman–Crippen LogP) is 3.70. The van der Waals surface area contributed by atoms with Gasteiger partial charge in [-0.05, 0) is 36.2 Å². The Morgan fingerprint density at radius 1 is 1.24 bits per heavy atom. The van der Waals surface area contributed by atoms with E-state index >= 15 is 0 Å². The highest BCUT2D eigenvalue weighted by molar-refractivity contribution is 5.44. The summed E-state index contributed by atoms with van der Waals surface area (Å²) in [6.07, 6.45) is -0.592. The van der Waals surface area contributed by atoms with Crippen LogP contribution in [0.1, 0.15) is 35.3 Å². The first-order valence-electron chi connectivity index (χ1n) is 6.87. The van der Waals surface area contributed by atoms with Crippen LogP contribution in [-0.2, 0) is 0 Å². The normalized spacial score (nSPS) is 20.6. The summed E-state index contributed by atoms with van der Waals surface area (Å²) in [6.45, 7) is 1.72. The Morgan fingerprint density at radius 2 is 2.05 bits per heavy atom. The Balaban J connectivity index is 1.94. The van der Waals surface area contributed by atoms with E-state index in [-0.39, 0.29) is 11.9 Å². The Labute approximate surface area is 122 Å². The average Bonchev–Trinajstić information content (AvgIpc) is 2.49. The molecule has 1 heterocycles. The maximum absolute atomic E-state index is 13.7. The zero-order valence-electron chi connectivity index (χ0n) is 12.0. The SMILES string of the molecule is COc1ccc2c(c1)OC(c1ccc(C)c(F)c1)CC2O. The second-order valence-corrected chi connectivity index (χ2v) is 5.27. The number of methoxy groups -OCH3 is 1. The van der Waals surface area contributed by atoms with Gasteiger partial charge in [0.25, 0.3) is 0 Å². The number of hydrogen-bond donors (Lipinski definition) is 1. The summed E-state index contributed by atoms with van der Waals surface area (Å²) in [6, 6.07) is 10.4. The van der Waals surface area contributed by atoms with Crippen LogP contribution in [0.2, 0.25) is 0 Å². The van der Waals surface area contributed by atoms with E-state index in [1.54, 1.807) is 38.3 Å². The average molecular weight is 288 g/mol. The van der Waals surface area contributed by atoms with Gasteiger partial charge in [-0.2, -0.15) is 0 Å². The van der Waals surface area contributed by atoms with Crippen molar-refractivity contribution < 1.29 is 19.0 Å². The molecule has 1 aliphatic heterocycles. The molecule has 4 heteroatoms. The van der Waals surface area contributed by atoms with Crippen molar-refractivity contribution in [2.24, 2.45) is 0 Å². The van der Waals surface area contributed by atoms with Crippen molar-refractivity contribution >= 4 is 0 Å². The highest BCUT2D eigenvalue weighted by Crippen LogP contribution is 2.42. The Hall–Kier alpha value is -2.07. The van der Waals surface area contributed by atoms with Gasteiger partial charge >= 0.3 is 0 Å². The van der Waals surface area contributed by atoms with Crippen LogP contribution >= 0.6 is 0 Å². The van der Waals surface area contributed by atoms with Crippen molar-refractivity contribution in [3.05, 3.63) is 58.9 Å². The van der Waals surface area contributed by atoms with Crippen LogP contribution in [0, 0.1) is 12.7 Å².